The van der Waals surface area contributed by atoms with Crippen molar-refractivity contribution in [3.63, 3.8) is 0 Å². The maximum atomic E-state index is 13.3. The van der Waals surface area contributed by atoms with Crippen LogP contribution in [0.15, 0.2) is 82.8 Å². The van der Waals surface area contributed by atoms with Gasteiger partial charge in [0.25, 0.3) is 15.9 Å². The minimum absolute atomic E-state index is 0.0511. The van der Waals surface area contributed by atoms with Crippen LogP contribution in [0.3, 0.4) is 0 Å². The maximum Gasteiger partial charge on any atom is 0.417 e. The van der Waals surface area contributed by atoms with Crippen molar-refractivity contribution >= 4 is 39.4 Å². The maximum absolute atomic E-state index is 13.3. The topological polar surface area (TPSA) is 78.8 Å². The molecule has 0 unspecified atom stereocenters. The zero-order valence-electron chi connectivity index (χ0n) is 17.8. The van der Waals surface area contributed by atoms with Crippen LogP contribution in [0.4, 0.5) is 18.9 Å². The van der Waals surface area contributed by atoms with Crippen molar-refractivity contribution < 1.29 is 26.4 Å². The van der Waals surface area contributed by atoms with E-state index in [0.717, 1.165) is 16.6 Å². The fraction of sp³-hybridized carbons (Fsp3) is 0.130. The van der Waals surface area contributed by atoms with E-state index in [1.807, 2.05) is 0 Å². The number of nitrogens with zero attached hydrogens (tertiary/aromatic N) is 2. The van der Waals surface area contributed by atoms with Crippen molar-refractivity contribution in [2.24, 2.45) is 5.10 Å². The van der Waals surface area contributed by atoms with Crippen molar-refractivity contribution in [2.75, 3.05) is 10.8 Å². The second kappa shape index (κ2) is 10.3. The summed E-state index contributed by atoms with van der Waals surface area (Å²) in [5.41, 5.74) is 1.52. The van der Waals surface area contributed by atoms with E-state index in [4.69, 9.17) is 11.6 Å². The highest BCUT2D eigenvalue weighted by Crippen LogP contribution is 2.32. The fourth-order valence-corrected chi connectivity index (χ4v) is 4.76. The van der Waals surface area contributed by atoms with Gasteiger partial charge in [0.1, 0.15) is 6.54 Å². The lowest BCUT2D eigenvalue weighted by Crippen LogP contribution is -2.40. The van der Waals surface area contributed by atoms with E-state index in [1.165, 1.54) is 36.4 Å². The van der Waals surface area contributed by atoms with Gasteiger partial charge >= 0.3 is 6.18 Å². The summed E-state index contributed by atoms with van der Waals surface area (Å²) in [6.07, 6.45) is -3.75. The van der Waals surface area contributed by atoms with Crippen LogP contribution in [0.25, 0.3) is 0 Å². The van der Waals surface area contributed by atoms with Crippen LogP contribution in [0.2, 0.25) is 5.02 Å². The molecule has 34 heavy (non-hydrogen) atoms. The average Bonchev–Trinajstić information content (AvgIpc) is 2.80. The molecule has 0 spiro atoms. The molecule has 3 aromatic rings. The molecule has 0 atom stereocenters. The third kappa shape index (κ3) is 5.75. The largest absolute Gasteiger partial charge is 0.417 e. The number of amides is 1. The van der Waals surface area contributed by atoms with Crippen LogP contribution in [0.5, 0.6) is 0 Å². The third-order valence-electron chi connectivity index (χ3n) is 4.79. The molecule has 0 fully saturated rings. The second-order valence-corrected chi connectivity index (χ2v) is 9.36. The van der Waals surface area contributed by atoms with E-state index in [1.54, 1.807) is 37.3 Å². The zero-order valence-corrected chi connectivity index (χ0v) is 19.3. The number of carbonyl (C=O) groups excluding carboxylic acids is 1. The number of halogens is 4. The van der Waals surface area contributed by atoms with Crippen molar-refractivity contribution in [1.82, 2.24) is 5.43 Å². The summed E-state index contributed by atoms with van der Waals surface area (Å²) in [4.78, 5) is 12.5. The van der Waals surface area contributed by atoms with Gasteiger partial charge in [0, 0.05) is 10.6 Å². The Balaban J connectivity index is 1.89. The van der Waals surface area contributed by atoms with Crippen molar-refractivity contribution in [3.05, 3.63) is 94.5 Å². The van der Waals surface area contributed by atoms with Gasteiger partial charge in [-0.25, -0.2) is 13.8 Å². The van der Waals surface area contributed by atoms with Crippen LogP contribution < -0.4 is 9.73 Å². The molecule has 0 aliphatic heterocycles. The van der Waals surface area contributed by atoms with Crippen LogP contribution in [-0.2, 0) is 21.0 Å². The Hall–Kier alpha value is -3.37. The van der Waals surface area contributed by atoms with Gasteiger partial charge in [-0.1, -0.05) is 54.1 Å². The number of hydrogen-bond donors (Lipinski definition) is 1. The van der Waals surface area contributed by atoms with Gasteiger partial charge in [-0.2, -0.15) is 18.3 Å². The van der Waals surface area contributed by atoms with Crippen LogP contribution >= 0.6 is 11.6 Å². The highest BCUT2D eigenvalue weighted by molar-refractivity contribution is 7.92. The Labute approximate surface area is 199 Å². The van der Waals surface area contributed by atoms with E-state index in [9.17, 15) is 26.4 Å². The van der Waals surface area contributed by atoms with Gasteiger partial charge < -0.3 is 0 Å². The van der Waals surface area contributed by atoms with Crippen molar-refractivity contribution in [1.29, 1.82) is 0 Å². The van der Waals surface area contributed by atoms with E-state index >= 15 is 0 Å². The molecule has 1 N–H and O–H groups in total. The average molecular weight is 510 g/mol. The van der Waals surface area contributed by atoms with Crippen LogP contribution in [-0.4, -0.2) is 27.1 Å². The molecule has 6 nitrogen and oxygen atoms in total. The second-order valence-electron chi connectivity index (χ2n) is 7.09. The number of alkyl halides is 3. The summed E-state index contributed by atoms with van der Waals surface area (Å²) >= 11 is 6.16. The van der Waals surface area contributed by atoms with E-state index in [-0.39, 0.29) is 16.1 Å². The highest BCUT2D eigenvalue weighted by Gasteiger charge is 2.32. The molecule has 3 rings (SSSR count). The minimum Gasteiger partial charge on any atom is -0.271 e. The predicted octanol–water partition coefficient (Wildman–Crippen LogP) is 5.01. The fourth-order valence-electron chi connectivity index (χ4n) is 3.09. The summed E-state index contributed by atoms with van der Waals surface area (Å²) in [5.74, 6) is -0.861. The molecule has 0 heterocycles. The first-order chi connectivity index (χ1) is 16.0. The van der Waals surface area contributed by atoms with E-state index < -0.39 is 34.2 Å². The van der Waals surface area contributed by atoms with Gasteiger partial charge in [-0.15, -0.1) is 0 Å². The first kappa shape index (κ1) is 25.3. The Morgan fingerprint density at radius 1 is 1.03 bits per heavy atom. The molecular formula is C23H19ClF3N3O3S. The number of carbonyl (C=O) groups is 1. The zero-order chi connectivity index (χ0) is 24.9. The molecule has 0 bridgehead atoms. The molecule has 0 aromatic heterocycles. The molecule has 0 saturated heterocycles. The molecule has 0 saturated carbocycles. The van der Waals surface area contributed by atoms with Gasteiger partial charge in [-0.3, -0.25) is 9.10 Å². The molecule has 0 aliphatic rings. The lowest BCUT2D eigenvalue weighted by Gasteiger charge is -2.25. The lowest BCUT2D eigenvalue weighted by atomic mass is 10.1. The summed E-state index contributed by atoms with van der Waals surface area (Å²) in [7, 11) is -4.18. The highest BCUT2D eigenvalue weighted by atomic mass is 35.5. The van der Waals surface area contributed by atoms with Gasteiger partial charge in [0.05, 0.1) is 22.4 Å². The van der Waals surface area contributed by atoms with Crippen LogP contribution in [0, 0.1) is 6.92 Å². The van der Waals surface area contributed by atoms with Gasteiger partial charge in [-0.05, 0) is 42.8 Å². The van der Waals surface area contributed by atoms with Crippen molar-refractivity contribution in [2.45, 2.75) is 18.0 Å². The summed E-state index contributed by atoms with van der Waals surface area (Å²) < 4.78 is 66.9. The minimum atomic E-state index is -4.60. The Bertz CT molecular complexity index is 1310. The lowest BCUT2D eigenvalue weighted by molar-refractivity contribution is -0.137. The Morgan fingerprint density at radius 2 is 1.68 bits per heavy atom. The molecular weight excluding hydrogens is 491 g/mol. The number of rotatable bonds is 7. The van der Waals surface area contributed by atoms with E-state index in [2.05, 4.69) is 10.5 Å². The van der Waals surface area contributed by atoms with Crippen molar-refractivity contribution in [3.8, 4) is 0 Å². The predicted molar refractivity (Wildman–Crippen MR) is 124 cm³/mol. The first-order valence-electron chi connectivity index (χ1n) is 9.83. The Morgan fingerprint density at radius 3 is 2.35 bits per heavy atom. The van der Waals surface area contributed by atoms with Gasteiger partial charge in [0.15, 0.2) is 0 Å². The molecule has 11 heteroatoms. The Kier molecular flexibility index (Phi) is 7.63. The number of hydrogen-bond acceptors (Lipinski definition) is 4. The number of benzene rings is 3. The normalized spacial score (nSPS) is 12.0. The van der Waals surface area contributed by atoms with Crippen LogP contribution in [0.1, 0.15) is 16.7 Å². The smallest absolute Gasteiger partial charge is 0.271 e. The SMILES string of the molecule is Cc1c(Cl)cccc1N(CC(=O)N/N=C\c1ccccc1C(F)(F)F)S(=O)(=O)c1ccccc1. The molecule has 0 aliphatic carbocycles. The third-order valence-corrected chi connectivity index (χ3v) is 6.97. The summed E-state index contributed by atoms with van der Waals surface area (Å²) in [5, 5.41) is 3.88. The molecule has 178 valence electrons. The number of hydrazone groups is 1. The first-order valence-corrected chi connectivity index (χ1v) is 11.6. The summed E-state index contributed by atoms with van der Waals surface area (Å²) in [6.45, 7) is 0.923. The number of sulfonamides is 1. The molecule has 0 radical (unpaired) electrons. The molecule has 1 amide bonds. The standard InChI is InChI=1S/C23H19ClF3N3O3S/c1-16-20(24)12-7-13-21(16)30(34(32,33)18-9-3-2-4-10-18)15-22(31)29-28-14-17-8-5-6-11-19(17)23(25,26)27/h2-14H,15H2,1H3,(H,29,31)/b28-14-. The monoisotopic (exact) mass is 509 g/mol. The number of anilines is 1. The van der Waals surface area contributed by atoms with Gasteiger partial charge in [0.2, 0.25) is 0 Å². The quantitative estimate of drug-likeness (QED) is 0.359. The summed E-state index contributed by atoms with van der Waals surface area (Å²) in [6, 6.07) is 16.8. The number of nitrogens with one attached hydrogen (secondary N) is 1. The molecule has 3 aromatic carbocycles. The van der Waals surface area contributed by atoms with E-state index in [0.29, 0.717) is 10.6 Å².